The average molecular weight is 843 g/mol. The lowest BCUT2D eigenvalue weighted by Gasteiger charge is -2.39. The van der Waals surface area contributed by atoms with Gasteiger partial charge in [0.25, 0.3) is 0 Å². The zero-order chi connectivity index (χ0) is 39.7. The number of nitriles is 1. The van der Waals surface area contributed by atoms with E-state index in [1.165, 1.54) is 10.4 Å². The molecule has 0 bridgehead atoms. The second-order valence-electron chi connectivity index (χ2n) is 16.3. The molecule has 57 heavy (non-hydrogen) atoms. The molecule has 5 aliphatic heterocycles. The maximum absolute atomic E-state index is 17.5. The zero-order valence-corrected chi connectivity index (χ0v) is 33.1. The molecule has 1 saturated carbocycles. The van der Waals surface area contributed by atoms with Gasteiger partial charge < -0.3 is 25.4 Å². The highest BCUT2D eigenvalue weighted by atomic mass is 35.5. The van der Waals surface area contributed by atoms with Crippen molar-refractivity contribution in [2.75, 3.05) is 49.7 Å². The Kier molecular flexibility index (Phi) is 8.59. The van der Waals surface area contributed by atoms with Gasteiger partial charge in [0.1, 0.15) is 53.6 Å². The van der Waals surface area contributed by atoms with E-state index in [4.69, 9.17) is 31.8 Å². The summed E-state index contributed by atoms with van der Waals surface area (Å²) in [4.78, 5) is 27.1. The Morgan fingerprint density at radius 1 is 1.21 bits per heavy atom. The molecule has 300 valence electrons. The minimum absolute atomic E-state index is 0.0121. The summed E-state index contributed by atoms with van der Waals surface area (Å²) in [6.07, 6.45) is 4.85. The predicted molar refractivity (Wildman–Crippen MR) is 208 cm³/mol. The third-order valence-corrected chi connectivity index (χ3v) is 15.3. The zero-order valence-electron chi connectivity index (χ0n) is 30.7. The number of anilines is 2. The molecule has 7 atom stereocenters. The quantitative estimate of drug-likeness (QED) is 0.226. The van der Waals surface area contributed by atoms with Gasteiger partial charge in [-0.1, -0.05) is 17.7 Å². The third-order valence-electron chi connectivity index (χ3n) is 12.7. The maximum Gasteiger partial charge on any atom is 0.319 e. The van der Waals surface area contributed by atoms with E-state index in [-0.39, 0.29) is 109 Å². The molecular formula is C38H38ClF3N8O5S2. The van der Waals surface area contributed by atoms with E-state index >= 15 is 8.78 Å². The Morgan fingerprint density at radius 2 is 2.02 bits per heavy atom. The molecule has 19 heteroatoms. The molecule has 5 fully saturated rings. The SMILES string of the molecule is CS(=O)(=O)N1[C@@H](C(=O)NC2CCC3COc4c(Cl)c(-c5ccc(F)c6sc(N)c(C#N)c56)c(F)c5nc(OC[C@@]67CCCN6C[C@H](F)C7)nc(c45)N3C2)[C@@H]1C1CC1. The van der Waals surface area contributed by atoms with Gasteiger partial charge in [-0.25, -0.2) is 21.6 Å². The van der Waals surface area contributed by atoms with E-state index in [1.54, 1.807) is 0 Å². The summed E-state index contributed by atoms with van der Waals surface area (Å²) < 4.78 is 86.4. The van der Waals surface area contributed by atoms with Gasteiger partial charge in [-0.15, -0.1) is 11.3 Å². The van der Waals surface area contributed by atoms with Crippen molar-refractivity contribution in [2.45, 2.75) is 80.8 Å². The van der Waals surface area contributed by atoms with Gasteiger partial charge in [-0.2, -0.15) is 19.5 Å². The first kappa shape index (κ1) is 37.1. The molecule has 3 N–H and O–H groups in total. The number of thiophene rings is 1. The van der Waals surface area contributed by atoms with Gasteiger partial charge in [0.15, 0.2) is 11.6 Å². The first-order valence-electron chi connectivity index (χ1n) is 19.1. The van der Waals surface area contributed by atoms with E-state index in [0.29, 0.717) is 25.8 Å². The van der Waals surface area contributed by atoms with Crippen molar-refractivity contribution in [2.24, 2.45) is 5.92 Å². The summed E-state index contributed by atoms with van der Waals surface area (Å²) in [5, 5.41) is 13.3. The minimum Gasteiger partial charge on any atom is -0.489 e. The molecule has 10 rings (SSSR count). The van der Waals surface area contributed by atoms with Crippen LogP contribution in [0.25, 0.3) is 32.1 Å². The molecule has 7 heterocycles. The van der Waals surface area contributed by atoms with Crippen LogP contribution in [0.2, 0.25) is 5.02 Å². The van der Waals surface area contributed by atoms with Gasteiger partial charge in [0.2, 0.25) is 15.9 Å². The Hall–Kier alpha value is -4.15. The molecule has 4 saturated heterocycles. The fourth-order valence-electron chi connectivity index (χ4n) is 9.91. The van der Waals surface area contributed by atoms with Crippen LogP contribution < -0.4 is 25.4 Å². The summed E-state index contributed by atoms with van der Waals surface area (Å²) >= 11 is 7.99. The first-order valence-corrected chi connectivity index (χ1v) is 22.2. The average Bonchev–Trinajstić information content (AvgIpc) is 4.06. The number of nitrogens with two attached hydrogens (primary N) is 1. The second-order valence-corrected chi connectivity index (χ2v) is 19.6. The van der Waals surface area contributed by atoms with Crippen molar-refractivity contribution >= 4 is 70.7 Å². The van der Waals surface area contributed by atoms with E-state index < -0.39 is 45.5 Å². The number of aromatic nitrogens is 2. The van der Waals surface area contributed by atoms with Crippen molar-refractivity contribution in [3.05, 3.63) is 34.4 Å². The number of carbonyl (C=O) groups is 1. The Labute approximate surface area is 334 Å². The van der Waals surface area contributed by atoms with E-state index in [2.05, 4.69) is 15.2 Å². The molecular weight excluding hydrogens is 805 g/mol. The second kappa shape index (κ2) is 13.2. The van der Waals surface area contributed by atoms with Gasteiger partial charge in [0.05, 0.1) is 44.6 Å². The van der Waals surface area contributed by atoms with Crippen LogP contribution in [0.3, 0.4) is 0 Å². The van der Waals surface area contributed by atoms with Crippen molar-refractivity contribution in [3.8, 4) is 29.0 Å². The highest BCUT2D eigenvalue weighted by molar-refractivity contribution is 7.88. The Balaban J connectivity index is 1.08. The van der Waals surface area contributed by atoms with Crippen LogP contribution in [0, 0.1) is 28.9 Å². The summed E-state index contributed by atoms with van der Waals surface area (Å²) in [5.41, 5.74) is 5.33. The summed E-state index contributed by atoms with van der Waals surface area (Å²) in [7, 11) is -3.57. The number of piperidine rings is 1. The molecule has 6 aliphatic rings. The number of nitrogen functional groups attached to an aromatic ring is 1. The standard InChI is InChI=1S/C38H38ClF3N8O5S2/c1-57(52,53)50-30(17-3-4-17)31(50)36(51)45-19-5-6-20-15-54-32-26-29(28(42)25(27(32)39)21-7-8-23(41)33-24(21)22(12-43)34(44)56-33)46-37(47-35(26)49(20)14-19)55-16-38-9-2-10-48(38)13-18(40)11-38/h7-8,17-20,30-31H,2-6,9-11,13-16,44H2,1H3,(H,45,51)/t18-,19?,20?,30+,31-,38+,50?/m1/s1. The molecule has 2 aromatic heterocycles. The third kappa shape index (κ3) is 5.89. The number of amides is 1. The molecule has 1 amide bonds. The number of nitrogens with one attached hydrogen (secondary N) is 1. The smallest absolute Gasteiger partial charge is 0.319 e. The Morgan fingerprint density at radius 3 is 2.77 bits per heavy atom. The number of ether oxygens (including phenoxy) is 2. The summed E-state index contributed by atoms with van der Waals surface area (Å²) in [6.45, 7) is 1.45. The number of rotatable bonds is 8. The molecule has 1 aliphatic carbocycles. The number of halogens is 4. The van der Waals surface area contributed by atoms with E-state index in [0.717, 1.165) is 55.9 Å². The van der Waals surface area contributed by atoms with E-state index in [9.17, 15) is 22.9 Å². The minimum atomic E-state index is -3.57. The van der Waals surface area contributed by atoms with Crippen molar-refractivity contribution in [1.82, 2.24) is 24.5 Å². The molecule has 0 spiro atoms. The van der Waals surface area contributed by atoms with E-state index in [1.807, 2.05) is 11.0 Å². The fraction of sp³-hybridized carbons (Fsp3) is 0.526. The van der Waals surface area contributed by atoms with Crippen molar-refractivity contribution in [3.63, 3.8) is 0 Å². The topological polar surface area (TPSA) is 167 Å². The number of hydrogen-bond acceptors (Lipinski definition) is 12. The maximum atomic E-state index is 17.5. The monoisotopic (exact) mass is 842 g/mol. The van der Waals surface area contributed by atoms with Crippen LogP contribution in [-0.4, -0.2) is 108 Å². The van der Waals surface area contributed by atoms with Crippen LogP contribution in [0.4, 0.5) is 24.0 Å². The van der Waals surface area contributed by atoms with Crippen LogP contribution in [0.1, 0.15) is 50.5 Å². The number of fused-ring (bicyclic) bond motifs is 4. The van der Waals surface area contributed by atoms with Crippen LogP contribution >= 0.6 is 22.9 Å². The molecule has 3 unspecified atom stereocenters. The van der Waals surface area contributed by atoms with Gasteiger partial charge in [0, 0.05) is 36.5 Å². The number of alkyl halides is 1. The van der Waals surface area contributed by atoms with Crippen molar-refractivity contribution in [1.29, 1.82) is 5.26 Å². The summed E-state index contributed by atoms with van der Waals surface area (Å²) in [6, 6.07) is 2.56. The number of nitrogens with zero attached hydrogens (tertiary/aromatic N) is 6. The van der Waals surface area contributed by atoms with Crippen LogP contribution in [-0.2, 0) is 14.8 Å². The van der Waals surface area contributed by atoms with Crippen molar-refractivity contribution < 1.29 is 35.9 Å². The van der Waals surface area contributed by atoms with Crippen LogP contribution in [0.5, 0.6) is 11.8 Å². The number of carbonyl (C=O) groups excluding carboxylic acids is 1. The lowest BCUT2D eigenvalue weighted by atomic mass is 9.95. The highest BCUT2D eigenvalue weighted by Crippen LogP contribution is 2.52. The molecule has 0 radical (unpaired) electrons. The molecule has 4 aromatic rings. The normalized spacial score (nSPS) is 29.4. The Bertz CT molecular complexity index is 2550. The predicted octanol–water partition coefficient (Wildman–Crippen LogP) is 5.12. The fourth-order valence-corrected chi connectivity index (χ4v) is 12.5. The number of benzene rings is 2. The van der Waals surface area contributed by atoms with Crippen LogP contribution in [0.15, 0.2) is 12.1 Å². The highest BCUT2D eigenvalue weighted by Gasteiger charge is 2.63. The lowest BCUT2D eigenvalue weighted by molar-refractivity contribution is -0.121. The number of hydrogen-bond donors (Lipinski definition) is 2. The van der Waals surface area contributed by atoms with Gasteiger partial charge in [-0.05, 0) is 62.6 Å². The summed E-state index contributed by atoms with van der Waals surface area (Å²) in [5.74, 6) is -1.35. The molecule has 13 nitrogen and oxygen atoms in total. The lowest BCUT2D eigenvalue weighted by Crippen LogP contribution is -2.54. The first-order chi connectivity index (χ1) is 27.3. The molecule has 2 aromatic carbocycles. The largest absolute Gasteiger partial charge is 0.489 e. The van der Waals surface area contributed by atoms with Gasteiger partial charge in [-0.3, -0.25) is 9.69 Å². The van der Waals surface area contributed by atoms with Gasteiger partial charge >= 0.3 is 6.01 Å². The number of sulfonamides is 1.